The summed E-state index contributed by atoms with van der Waals surface area (Å²) in [6.07, 6.45) is 1.69. The second kappa shape index (κ2) is 6.76. The molecule has 0 unspecified atom stereocenters. The monoisotopic (exact) mass is 344 g/mol. The largest absolute Gasteiger partial charge is 0.377 e. The topological polar surface area (TPSA) is 41.5 Å². The summed E-state index contributed by atoms with van der Waals surface area (Å²) in [4.78, 5) is 13.3. The van der Waals surface area contributed by atoms with Gasteiger partial charge in [0.25, 0.3) is 5.92 Å². The average molecular weight is 344 g/mol. The number of nitrogens with zero attached hydrogens (tertiary/aromatic N) is 4. The zero-order valence-electron chi connectivity index (χ0n) is 13.5. The number of hydrogen-bond donors (Lipinski definition) is 0. The number of ether oxygens (including phenoxy) is 1. The van der Waals surface area contributed by atoms with Crippen molar-refractivity contribution < 1.29 is 13.5 Å². The summed E-state index contributed by atoms with van der Waals surface area (Å²) in [5.41, 5.74) is 0. The Kier molecular flexibility index (Phi) is 4.91. The number of halogens is 2. The van der Waals surface area contributed by atoms with E-state index in [0.717, 1.165) is 18.2 Å². The van der Waals surface area contributed by atoms with Crippen LogP contribution in [0, 0.1) is 0 Å². The lowest BCUT2D eigenvalue weighted by Gasteiger charge is -2.36. The van der Waals surface area contributed by atoms with Gasteiger partial charge < -0.3 is 14.5 Å². The number of piperidine rings is 1. The molecule has 3 heterocycles. The van der Waals surface area contributed by atoms with Crippen molar-refractivity contribution >= 4 is 23.4 Å². The summed E-state index contributed by atoms with van der Waals surface area (Å²) in [5.74, 6) is -0.950. The van der Waals surface area contributed by atoms with E-state index >= 15 is 0 Å². The van der Waals surface area contributed by atoms with Gasteiger partial charge in [-0.05, 0) is 13.2 Å². The molecule has 0 aliphatic carbocycles. The summed E-state index contributed by atoms with van der Waals surface area (Å²) in [5, 5.41) is 0.675. The Morgan fingerprint density at radius 3 is 2.57 bits per heavy atom. The molecule has 1 aromatic rings. The van der Waals surface area contributed by atoms with E-state index in [-0.39, 0.29) is 18.9 Å². The molecule has 5 nitrogen and oxygen atoms in total. The number of aromatic nitrogens is 2. The summed E-state index contributed by atoms with van der Waals surface area (Å²) in [6, 6.07) is 2.16. The van der Waals surface area contributed by atoms with Crippen molar-refractivity contribution in [1.29, 1.82) is 0 Å². The van der Waals surface area contributed by atoms with Crippen LogP contribution < -0.4 is 9.80 Å². The number of morpholine rings is 1. The van der Waals surface area contributed by atoms with E-state index in [4.69, 9.17) is 4.74 Å². The van der Waals surface area contributed by atoms with Crippen LogP contribution in [-0.4, -0.2) is 61.0 Å². The Morgan fingerprint density at radius 1 is 1.22 bits per heavy atom. The minimum Gasteiger partial charge on any atom is -0.377 e. The summed E-state index contributed by atoms with van der Waals surface area (Å²) < 4.78 is 32.2. The summed E-state index contributed by atoms with van der Waals surface area (Å²) in [6.45, 7) is 4.88. The number of hydrogen-bond acceptors (Lipinski definition) is 6. The van der Waals surface area contributed by atoms with Gasteiger partial charge in [-0.25, -0.2) is 18.7 Å². The van der Waals surface area contributed by atoms with Gasteiger partial charge >= 0.3 is 0 Å². The van der Waals surface area contributed by atoms with Crippen LogP contribution in [0.25, 0.3) is 0 Å². The highest BCUT2D eigenvalue weighted by Gasteiger charge is 2.34. The van der Waals surface area contributed by atoms with Crippen LogP contribution in [-0.2, 0) is 4.74 Å². The van der Waals surface area contributed by atoms with Crippen molar-refractivity contribution in [3.8, 4) is 0 Å². The van der Waals surface area contributed by atoms with Crippen molar-refractivity contribution in [2.45, 2.75) is 36.9 Å². The van der Waals surface area contributed by atoms with Crippen LogP contribution in [0.4, 0.5) is 20.4 Å². The van der Waals surface area contributed by atoms with E-state index in [1.807, 2.05) is 17.2 Å². The highest BCUT2D eigenvalue weighted by atomic mass is 32.2. The molecule has 0 N–H and O–H groups in total. The van der Waals surface area contributed by atoms with Crippen LogP contribution in [0.2, 0.25) is 0 Å². The standard InChI is InChI=1S/C15H22F2N4OS/c1-11-10-22-8-7-21(11)13-9-12(18-14(19-13)23-2)20-5-3-15(16,17)4-6-20/h9,11H,3-8,10H2,1-2H3/t11-/m1/s1. The summed E-state index contributed by atoms with van der Waals surface area (Å²) in [7, 11) is 0. The minimum absolute atomic E-state index is 0.116. The number of alkyl halides is 2. The molecule has 1 aromatic heterocycles. The maximum absolute atomic E-state index is 13.4. The first-order valence-corrected chi connectivity index (χ1v) is 9.11. The summed E-state index contributed by atoms with van der Waals surface area (Å²) >= 11 is 1.47. The lowest BCUT2D eigenvalue weighted by Crippen LogP contribution is -2.44. The quantitative estimate of drug-likeness (QED) is 0.620. The van der Waals surface area contributed by atoms with Gasteiger partial charge in [0, 0.05) is 38.5 Å². The molecule has 2 aliphatic heterocycles. The molecular formula is C15H22F2N4OS. The number of anilines is 2. The third kappa shape index (κ3) is 3.85. The zero-order chi connectivity index (χ0) is 16.4. The molecular weight excluding hydrogens is 322 g/mol. The van der Waals surface area contributed by atoms with E-state index in [2.05, 4.69) is 21.8 Å². The van der Waals surface area contributed by atoms with Crippen molar-refractivity contribution in [2.75, 3.05) is 48.9 Å². The molecule has 1 atom stereocenters. The first-order chi connectivity index (χ1) is 11.0. The van der Waals surface area contributed by atoms with Crippen LogP contribution >= 0.6 is 11.8 Å². The van der Waals surface area contributed by atoms with E-state index in [9.17, 15) is 8.78 Å². The normalized spacial score (nSPS) is 24.8. The Labute approximate surface area is 139 Å². The van der Waals surface area contributed by atoms with E-state index in [1.54, 1.807) is 0 Å². The average Bonchev–Trinajstić information content (AvgIpc) is 2.54. The Balaban J connectivity index is 1.84. The fourth-order valence-electron chi connectivity index (χ4n) is 2.93. The molecule has 2 saturated heterocycles. The maximum Gasteiger partial charge on any atom is 0.251 e. The van der Waals surface area contributed by atoms with Crippen LogP contribution in [0.3, 0.4) is 0 Å². The molecule has 23 heavy (non-hydrogen) atoms. The first-order valence-electron chi connectivity index (χ1n) is 7.89. The third-order valence-electron chi connectivity index (χ3n) is 4.34. The van der Waals surface area contributed by atoms with Gasteiger partial charge in [0.05, 0.1) is 19.3 Å². The maximum atomic E-state index is 13.4. The van der Waals surface area contributed by atoms with Gasteiger partial charge in [0.1, 0.15) is 11.6 Å². The highest BCUT2D eigenvalue weighted by molar-refractivity contribution is 7.98. The fraction of sp³-hybridized carbons (Fsp3) is 0.733. The fourth-order valence-corrected chi connectivity index (χ4v) is 3.30. The smallest absolute Gasteiger partial charge is 0.251 e. The van der Waals surface area contributed by atoms with Gasteiger partial charge in [-0.1, -0.05) is 11.8 Å². The molecule has 2 aliphatic rings. The Hall–Kier alpha value is -1.15. The molecule has 0 amide bonds. The third-order valence-corrected chi connectivity index (χ3v) is 4.89. The van der Waals surface area contributed by atoms with Gasteiger partial charge in [0.15, 0.2) is 5.16 Å². The highest BCUT2D eigenvalue weighted by Crippen LogP contribution is 2.32. The Morgan fingerprint density at radius 2 is 1.91 bits per heavy atom. The predicted octanol–water partition coefficient (Wildman–Crippen LogP) is 2.66. The molecule has 8 heteroatoms. The zero-order valence-corrected chi connectivity index (χ0v) is 14.3. The van der Waals surface area contributed by atoms with Crippen LogP contribution in [0.15, 0.2) is 11.2 Å². The molecule has 0 spiro atoms. The van der Waals surface area contributed by atoms with Crippen molar-refractivity contribution in [3.63, 3.8) is 0 Å². The Bertz CT molecular complexity index is 550. The minimum atomic E-state index is -2.55. The molecule has 0 radical (unpaired) electrons. The van der Waals surface area contributed by atoms with Crippen LogP contribution in [0.1, 0.15) is 19.8 Å². The van der Waals surface area contributed by atoms with Gasteiger partial charge in [-0.3, -0.25) is 0 Å². The molecule has 0 saturated carbocycles. The van der Waals surface area contributed by atoms with E-state index < -0.39 is 5.92 Å². The molecule has 3 rings (SSSR count). The number of thioether (sulfide) groups is 1. The van der Waals surface area contributed by atoms with E-state index in [1.165, 1.54) is 11.8 Å². The lowest BCUT2D eigenvalue weighted by molar-refractivity contribution is -0.0221. The molecule has 2 fully saturated rings. The first kappa shape index (κ1) is 16.7. The molecule has 0 bridgehead atoms. The second-order valence-corrected chi connectivity index (χ2v) is 6.80. The van der Waals surface area contributed by atoms with Crippen molar-refractivity contribution in [3.05, 3.63) is 6.07 Å². The van der Waals surface area contributed by atoms with Gasteiger partial charge in [-0.2, -0.15) is 0 Å². The van der Waals surface area contributed by atoms with Crippen molar-refractivity contribution in [2.24, 2.45) is 0 Å². The predicted molar refractivity (Wildman–Crippen MR) is 87.8 cm³/mol. The van der Waals surface area contributed by atoms with Crippen molar-refractivity contribution in [1.82, 2.24) is 9.97 Å². The lowest BCUT2D eigenvalue weighted by atomic mass is 10.1. The van der Waals surface area contributed by atoms with E-state index in [0.29, 0.717) is 31.5 Å². The molecule has 0 aromatic carbocycles. The van der Waals surface area contributed by atoms with Gasteiger partial charge in [-0.15, -0.1) is 0 Å². The second-order valence-electron chi connectivity index (χ2n) is 6.03. The van der Waals surface area contributed by atoms with Gasteiger partial charge in [0.2, 0.25) is 0 Å². The SMILES string of the molecule is CSc1nc(N2CCC(F)(F)CC2)cc(N2CCOC[C@H]2C)n1. The van der Waals surface area contributed by atoms with Crippen LogP contribution in [0.5, 0.6) is 0 Å². The number of rotatable bonds is 3. The molecule has 128 valence electrons.